The highest BCUT2D eigenvalue weighted by molar-refractivity contribution is 5.87. The van der Waals surface area contributed by atoms with Gasteiger partial charge in [0, 0.05) is 20.1 Å². The average molecular weight is 362 g/mol. The SMILES string of the molecule is CO[C@H]1C[C@H](OCc2ccccc2)CC[C@H]1N(C(=O)O)[C@H]1CCNC1=O. The molecule has 0 spiro atoms. The molecule has 142 valence electrons. The minimum atomic E-state index is -1.07. The van der Waals surface area contributed by atoms with Crippen LogP contribution in [0.3, 0.4) is 0 Å². The molecule has 0 unspecified atom stereocenters. The molecular weight excluding hydrogens is 336 g/mol. The van der Waals surface area contributed by atoms with E-state index < -0.39 is 12.1 Å². The summed E-state index contributed by atoms with van der Waals surface area (Å²) < 4.78 is 11.6. The lowest BCUT2D eigenvalue weighted by atomic mass is 9.88. The third-order valence-electron chi connectivity index (χ3n) is 5.27. The van der Waals surface area contributed by atoms with Gasteiger partial charge in [-0.05, 0) is 24.8 Å². The number of nitrogens with one attached hydrogen (secondary N) is 1. The molecule has 26 heavy (non-hydrogen) atoms. The Hall–Kier alpha value is -2.12. The van der Waals surface area contributed by atoms with E-state index in [1.165, 1.54) is 4.90 Å². The van der Waals surface area contributed by atoms with E-state index in [-0.39, 0.29) is 24.2 Å². The molecule has 0 bridgehead atoms. The zero-order valence-electron chi connectivity index (χ0n) is 15.0. The molecule has 1 saturated carbocycles. The monoisotopic (exact) mass is 362 g/mol. The number of rotatable bonds is 6. The quantitative estimate of drug-likeness (QED) is 0.808. The van der Waals surface area contributed by atoms with Crippen LogP contribution in [-0.2, 0) is 20.9 Å². The number of ether oxygens (including phenoxy) is 2. The molecule has 2 amide bonds. The summed E-state index contributed by atoms with van der Waals surface area (Å²) in [5, 5.41) is 12.4. The molecular formula is C19H26N2O5. The minimum Gasteiger partial charge on any atom is -0.465 e. The Kier molecular flexibility index (Phi) is 6.11. The van der Waals surface area contributed by atoms with Crippen molar-refractivity contribution in [3.8, 4) is 0 Å². The van der Waals surface area contributed by atoms with Crippen molar-refractivity contribution in [2.75, 3.05) is 13.7 Å². The fourth-order valence-corrected chi connectivity index (χ4v) is 3.94. The van der Waals surface area contributed by atoms with E-state index in [2.05, 4.69) is 5.32 Å². The third kappa shape index (κ3) is 4.16. The molecule has 2 N–H and O–H groups in total. The van der Waals surface area contributed by atoms with Crippen molar-refractivity contribution >= 4 is 12.0 Å². The van der Waals surface area contributed by atoms with Gasteiger partial charge in [-0.25, -0.2) is 4.79 Å². The maximum absolute atomic E-state index is 12.0. The van der Waals surface area contributed by atoms with Crippen LogP contribution in [-0.4, -0.2) is 60.0 Å². The van der Waals surface area contributed by atoms with Crippen molar-refractivity contribution in [2.24, 2.45) is 0 Å². The summed E-state index contributed by atoms with van der Waals surface area (Å²) in [7, 11) is 1.59. The molecule has 2 fully saturated rings. The van der Waals surface area contributed by atoms with E-state index in [4.69, 9.17) is 9.47 Å². The van der Waals surface area contributed by atoms with Crippen molar-refractivity contribution in [1.82, 2.24) is 10.2 Å². The average Bonchev–Trinajstić information content (AvgIpc) is 3.07. The second-order valence-corrected chi connectivity index (χ2v) is 6.86. The Morgan fingerprint density at radius 2 is 2.04 bits per heavy atom. The van der Waals surface area contributed by atoms with Gasteiger partial charge in [0.15, 0.2) is 0 Å². The second kappa shape index (κ2) is 8.51. The number of hydrogen-bond donors (Lipinski definition) is 2. The normalized spacial score (nSPS) is 28.6. The van der Waals surface area contributed by atoms with Gasteiger partial charge in [-0.1, -0.05) is 30.3 Å². The summed E-state index contributed by atoms with van der Waals surface area (Å²) >= 11 is 0. The van der Waals surface area contributed by atoms with Crippen molar-refractivity contribution in [3.05, 3.63) is 35.9 Å². The van der Waals surface area contributed by atoms with E-state index in [0.717, 1.165) is 12.0 Å². The van der Waals surface area contributed by atoms with Crippen LogP contribution in [0.1, 0.15) is 31.2 Å². The number of amides is 2. The zero-order valence-corrected chi connectivity index (χ0v) is 15.0. The number of methoxy groups -OCH3 is 1. The molecule has 7 heteroatoms. The lowest BCUT2D eigenvalue weighted by molar-refractivity contribution is -0.126. The molecule has 7 nitrogen and oxygen atoms in total. The molecule has 1 aliphatic carbocycles. The smallest absolute Gasteiger partial charge is 0.408 e. The van der Waals surface area contributed by atoms with Gasteiger partial charge in [0.1, 0.15) is 6.04 Å². The fourth-order valence-electron chi connectivity index (χ4n) is 3.94. The molecule has 2 aliphatic rings. The molecule has 4 atom stereocenters. The summed E-state index contributed by atoms with van der Waals surface area (Å²) in [4.78, 5) is 25.1. The lowest BCUT2D eigenvalue weighted by Crippen LogP contribution is -2.56. The number of nitrogens with zero attached hydrogens (tertiary/aromatic N) is 1. The Bertz CT molecular complexity index is 624. The van der Waals surface area contributed by atoms with Crippen molar-refractivity contribution in [2.45, 2.75) is 56.6 Å². The van der Waals surface area contributed by atoms with Crippen LogP contribution < -0.4 is 5.32 Å². The standard InChI is InChI=1S/C19H26N2O5/c1-25-17-11-14(26-12-13-5-3-2-4-6-13)7-8-15(17)21(19(23)24)16-9-10-20-18(16)22/h2-6,14-17H,7-12H2,1H3,(H,20,22)(H,23,24)/t14-,15-,16+,17+/m1/s1. The van der Waals surface area contributed by atoms with E-state index in [9.17, 15) is 14.7 Å². The first-order valence-corrected chi connectivity index (χ1v) is 9.07. The van der Waals surface area contributed by atoms with Crippen molar-refractivity contribution in [1.29, 1.82) is 0 Å². The van der Waals surface area contributed by atoms with Gasteiger partial charge in [0.2, 0.25) is 5.91 Å². The number of carboxylic acid groups (broad SMARTS) is 1. The second-order valence-electron chi connectivity index (χ2n) is 6.86. The van der Waals surface area contributed by atoms with Crippen LogP contribution in [0.15, 0.2) is 30.3 Å². The van der Waals surface area contributed by atoms with Crippen LogP contribution in [0.25, 0.3) is 0 Å². The predicted octanol–water partition coefficient (Wildman–Crippen LogP) is 2.01. The Labute approximate surface area is 153 Å². The molecule has 1 heterocycles. The predicted molar refractivity (Wildman–Crippen MR) is 94.7 cm³/mol. The maximum atomic E-state index is 12.0. The van der Waals surface area contributed by atoms with E-state index in [1.807, 2.05) is 30.3 Å². The van der Waals surface area contributed by atoms with Gasteiger partial charge in [0.05, 0.1) is 24.9 Å². The topological polar surface area (TPSA) is 88.1 Å². The molecule has 1 aliphatic heterocycles. The van der Waals surface area contributed by atoms with Gasteiger partial charge in [-0.2, -0.15) is 0 Å². The third-order valence-corrected chi connectivity index (χ3v) is 5.27. The van der Waals surface area contributed by atoms with Crippen LogP contribution in [0.5, 0.6) is 0 Å². The zero-order chi connectivity index (χ0) is 18.5. The first-order valence-electron chi connectivity index (χ1n) is 9.07. The van der Waals surface area contributed by atoms with Gasteiger partial charge >= 0.3 is 6.09 Å². The van der Waals surface area contributed by atoms with Crippen LogP contribution >= 0.6 is 0 Å². The van der Waals surface area contributed by atoms with Crippen LogP contribution in [0.4, 0.5) is 4.79 Å². The van der Waals surface area contributed by atoms with Gasteiger partial charge in [-0.3, -0.25) is 9.69 Å². The molecule has 1 aromatic carbocycles. The Morgan fingerprint density at radius 1 is 1.27 bits per heavy atom. The van der Waals surface area contributed by atoms with Gasteiger partial charge in [0.25, 0.3) is 0 Å². The molecule has 0 radical (unpaired) electrons. The van der Waals surface area contributed by atoms with E-state index in [0.29, 0.717) is 32.4 Å². The number of carbonyl (C=O) groups is 2. The lowest BCUT2D eigenvalue weighted by Gasteiger charge is -2.42. The summed E-state index contributed by atoms with van der Waals surface area (Å²) in [5.41, 5.74) is 1.11. The highest BCUT2D eigenvalue weighted by Crippen LogP contribution is 2.30. The molecule has 1 aromatic rings. The molecule has 1 saturated heterocycles. The number of carbonyl (C=O) groups excluding carboxylic acids is 1. The van der Waals surface area contributed by atoms with Crippen LogP contribution in [0, 0.1) is 0 Å². The van der Waals surface area contributed by atoms with Gasteiger partial charge in [-0.15, -0.1) is 0 Å². The first kappa shape index (κ1) is 18.7. The van der Waals surface area contributed by atoms with Crippen LogP contribution in [0.2, 0.25) is 0 Å². The number of benzene rings is 1. The Morgan fingerprint density at radius 3 is 2.65 bits per heavy atom. The maximum Gasteiger partial charge on any atom is 0.408 e. The van der Waals surface area contributed by atoms with E-state index in [1.54, 1.807) is 7.11 Å². The highest BCUT2D eigenvalue weighted by atomic mass is 16.5. The minimum absolute atomic E-state index is 0.0180. The molecule has 3 rings (SSSR count). The van der Waals surface area contributed by atoms with Gasteiger partial charge < -0.3 is 19.9 Å². The van der Waals surface area contributed by atoms with Crippen molar-refractivity contribution < 1.29 is 24.2 Å². The summed E-state index contributed by atoms with van der Waals surface area (Å²) in [6, 6.07) is 9.00. The van der Waals surface area contributed by atoms with Crippen molar-refractivity contribution in [3.63, 3.8) is 0 Å². The highest BCUT2D eigenvalue weighted by Gasteiger charge is 2.43. The van der Waals surface area contributed by atoms with E-state index >= 15 is 0 Å². The summed E-state index contributed by atoms with van der Waals surface area (Å²) in [6.45, 7) is 1.04. The molecule has 0 aromatic heterocycles. The fraction of sp³-hybridized carbons (Fsp3) is 0.579. The number of hydrogen-bond acceptors (Lipinski definition) is 4. The first-order chi connectivity index (χ1) is 12.6. The summed E-state index contributed by atoms with van der Waals surface area (Å²) in [5.74, 6) is -0.218. The largest absolute Gasteiger partial charge is 0.465 e. The summed E-state index contributed by atoms with van der Waals surface area (Å²) in [6.07, 6.45) is 1.16. The Balaban J connectivity index is 1.63.